The number of hydrogen-bond donors (Lipinski definition) is 1. The lowest BCUT2D eigenvalue weighted by atomic mass is 9.78. The van der Waals surface area contributed by atoms with E-state index in [4.69, 9.17) is 4.74 Å². The molecule has 0 unspecified atom stereocenters. The number of nitrogens with one attached hydrogen (secondary N) is 1. The number of aromatic nitrogens is 6. The smallest absolute Gasteiger partial charge is 0.416 e. The second kappa shape index (κ2) is 8.36. The van der Waals surface area contributed by atoms with Crippen LogP contribution in [0, 0.1) is 5.92 Å². The number of carbonyl (C=O) groups excluding carboxylic acids is 1. The minimum Gasteiger partial charge on any atom is -0.441 e. The summed E-state index contributed by atoms with van der Waals surface area (Å²) in [6.45, 7) is 1.35. The molecule has 1 aliphatic heterocycles. The van der Waals surface area contributed by atoms with Gasteiger partial charge in [0.05, 0.1) is 18.4 Å². The van der Waals surface area contributed by atoms with Crippen molar-refractivity contribution in [3.05, 3.63) is 61.1 Å². The van der Waals surface area contributed by atoms with Gasteiger partial charge in [0, 0.05) is 18.9 Å². The second-order valence-electron chi connectivity index (χ2n) is 8.91. The van der Waals surface area contributed by atoms with Crippen molar-refractivity contribution in [1.29, 1.82) is 0 Å². The van der Waals surface area contributed by atoms with Gasteiger partial charge in [0.1, 0.15) is 17.1 Å². The molecule has 1 aliphatic carbocycles. The highest BCUT2D eigenvalue weighted by Gasteiger charge is 2.48. The van der Waals surface area contributed by atoms with Gasteiger partial charge < -0.3 is 10.1 Å². The van der Waals surface area contributed by atoms with Crippen molar-refractivity contribution in [2.45, 2.75) is 31.3 Å². The van der Waals surface area contributed by atoms with Crippen LogP contribution in [0.1, 0.15) is 25.7 Å². The summed E-state index contributed by atoms with van der Waals surface area (Å²) in [6.07, 6.45) is 8.54. The number of pyridine rings is 1. The monoisotopic (exact) mass is 456 g/mol. The van der Waals surface area contributed by atoms with Crippen molar-refractivity contribution in [2.75, 3.05) is 23.3 Å². The van der Waals surface area contributed by atoms with Crippen molar-refractivity contribution in [2.24, 2.45) is 5.92 Å². The summed E-state index contributed by atoms with van der Waals surface area (Å²) in [4.78, 5) is 23.0. The van der Waals surface area contributed by atoms with Crippen molar-refractivity contribution < 1.29 is 9.53 Å². The summed E-state index contributed by atoms with van der Waals surface area (Å²) in [5.41, 5.74) is 1.97. The van der Waals surface area contributed by atoms with Gasteiger partial charge in [-0.15, -0.1) is 10.2 Å². The zero-order valence-electron chi connectivity index (χ0n) is 18.5. The summed E-state index contributed by atoms with van der Waals surface area (Å²) in [5.74, 6) is 1.83. The number of fused-ring (bicyclic) bond motifs is 1. The number of ether oxygens (including phenoxy) is 1. The maximum absolute atomic E-state index is 12.4. The molecule has 1 amide bonds. The van der Waals surface area contributed by atoms with Gasteiger partial charge in [-0.2, -0.15) is 5.10 Å². The molecular weight excluding hydrogens is 432 g/mol. The van der Waals surface area contributed by atoms with Crippen LogP contribution in [0.25, 0.3) is 17.0 Å². The number of nitrogens with zero attached hydrogens (tertiary/aromatic N) is 7. The van der Waals surface area contributed by atoms with Crippen molar-refractivity contribution >= 4 is 23.4 Å². The Morgan fingerprint density at radius 1 is 1.06 bits per heavy atom. The third-order valence-corrected chi connectivity index (χ3v) is 6.64. The van der Waals surface area contributed by atoms with E-state index in [2.05, 4.69) is 30.6 Å². The number of carbonyl (C=O) groups is 1. The van der Waals surface area contributed by atoms with Crippen LogP contribution >= 0.6 is 0 Å². The quantitative estimate of drug-likeness (QED) is 0.485. The van der Waals surface area contributed by atoms with Crippen LogP contribution in [0.2, 0.25) is 0 Å². The fourth-order valence-corrected chi connectivity index (χ4v) is 4.77. The molecule has 5 heterocycles. The molecule has 1 N–H and O–H groups in total. The summed E-state index contributed by atoms with van der Waals surface area (Å²) >= 11 is 0. The van der Waals surface area contributed by atoms with Gasteiger partial charge in [0.15, 0.2) is 11.5 Å². The van der Waals surface area contributed by atoms with Crippen LogP contribution in [0.15, 0.2) is 61.1 Å². The third-order valence-electron chi connectivity index (χ3n) is 6.64. The van der Waals surface area contributed by atoms with Crippen LogP contribution in [0.5, 0.6) is 0 Å². The van der Waals surface area contributed by atoms with E-state index in [1.165, 1.54) is 0 Å². The lowest BCUT2D eigenvalue weighted by Crippen LogP contribution is -2.39. The third kappa shape index (κ3) is 3.91. The van der Waals surface area contributed by atoms with E-state index in [-0.39, 0.29) is 6.09 Å². The number of amides is 1. The number of imidazole rings is 1. The average molecular weight is 457 g/mol. The summed E-state index contributed by atoms with van der Waals surface area (Å²) in [6, 6.07) is 13.2. The number of hydrogen-bond acceptors (Lipinski definition) is 8. The van der Waals surface area contributed by atoms with Crippen molar-refractivity contribution in [1.82, 2.24) is 29.8 Å². The lowest BCUT2D eigenvalue weighted by Gasteiger charge is -2.35. The SMILES string of the molecule is O=C1O[C@]2(CC[C@H](CNc3ccc4nc(-c5ccccn5)cn4n3)CC2)CN1c1cccnn1. The molecule has 2 fully saturated rings. The molecular formula is C24H24N8O2. The average Bonchev–Trinajstić information content (AvgIpc) is 3.45. The zero-order chi connectivity index (χ0) is 23.0. The van der Waals surface area contributed by atoms with Crippen LogP contribution in [-0.2, 0) is 4.74 Å². The van der Waals surface area contributed by atoms with Crippen molar-refractivity contribution in [3.63, 3.8) is 0 Å². The van der Waals surface area contributed by atoms with Gasteiger partial charge in [-0.3, -0.25) is 9.88 Å². The molecule has 10 heteroatoms. The molecule has 2 aliphatic rings. The normalized spacial score (nSPS) is 22.3. The Kier molecular flexibility index (Phi) is 5.05. The number of rotatable bonds is 5. The minimum atomic E-state index is -0.430. The molecule has 0 atom stereocenters. The van der Waals surface area contributed by atoms with E-state index in [0.29, 0.717) is 18.3 Å². The summed E-state index contributed by atoms with van der Waals surface area (Å²) < 4.78 is 7.61. The zero-order valence-corrected chi connectivity index (χ0v) is 18.5. The summed E-state index contributed by atoms with van der Waals surface area (Å²) in [5, 5.41) is 16.1. The Labute approximate surface area is 196 Å². The largest absolute Gasteiger partial charge is 0.441 e. The van der Waals surface area contributed by atoms with E-state index < -0.39 is 5.60 Å². The van der Waals surface area contributed by atoms with Crippen molar-refractivity contribution in [3.8, 4) is 11.4 Å². The molecule has 1 spiro atoms. The fourth-order valence-electron chi connectivity index (χ4n) is 4.77. The molecule has 1 saturated carbocycles. The molecule has 4 aromatic rings. The van der Waals surface area contributed by atoms with Gasteiger partial charge in [-0.1, -0.05) is 6.07 Å². The molecule has 6 rings (SSSR count). The van der Waals surface area contributed by atoms with Gasteiger partial charge in [0.25, 0.3) is 0 Å². The fraction of sp³-hybridized carbons (Fsp3) is 0.333. The molecule has 4 aromatic heterocycles. The first kappa shape index (κ1) is 20.5. The minimum absolute atomic E-state index is 0.333. The Morgan fingerprint density at radius 2 is 1.97 bits per heavy atom. The standard InChI is InChI=1S/C24H24N8O2/c33-23-31(22-5-3-13-27-29-22)16-24(34-23)10-8-17(9-11-24)14-26-20-6-7-21-28-19(15-32(21)30-20)18-4-1-2-12-25-18/h1-7,12-13,15,17H,8-11,14,16H2,(H,26,30)/t17-,24-. The van der Waals surface area contributed by atoms with Gasteiger partial charge in [-0.25, -0.2) is 14.3 Å². The van der Waals surface area contributed by atoms with Gasteiger partial charge >= 0.3 is 6.09 Å². The topological polar surface area (TPSA) is 110 Å². The molecule has 10 nitrogen and oxygen atoms in total. The van der Waals surface area contributed by atoms with E-state index >= 15 is 0 Å². The van der Waals surface area contributed by atoms with Crippen LogP contribution in [0.4, 0.5) is 16.4 Å². The Bertz CT molecular complexity index is 1300. The molecule has 1 saturated heterocycles. The molecule has 0 aromatic carbocycles. The Hall–Kier alpha value is -4.08. The molecule has 34 heavy (non-hydrogen) atoms. The predicted octanol–water partition coefficient (Wildman–Crippen LogP) is 3.58. The van der Waals surface area contributed by atoms with E-state index in [1.807, 2.05) is 36.5 Å². The lowest BCUT2D eigenvalue weighted by molar-refractivity contribution is 0.0148. The number of anilines is 2. The highest BCUT2D eigenvalue weighted by Crippen LogP contribution is 2.40. The predicted molar refractivity (Wildman–Crippen MR) is 125 cm³/mol. The van der Waals surface area contributed by atoms with Gasteiger partial charge in [-0.05, 0) is 68.0 Å². The van der Waals surface area contributed by atoms with Crippen LogP contribution in [0.3, 0.4) is 0 Å². The molecule has 172 valence electrons. The van der Waals surface area contributed by atoms with Crippen LogP contribution in [-0.4, -0.2) is 54.6 Å². The van der Waals surface area contributed by atoms with E-state index in [9.17, 15) is 4.79 Å². The highest BCUT2D eigenvalue weighted by atomic mass is 16.6. The van der Waals surface area contributed by atoms with E-state index in [0.717, 1.165) is 55.1 Å². The molecule has 0 bridgehead atoms. The second-order valence-corrected chi connectivity index (χ2v) is 8.91. The first-order chi connectivity index (χ1) is 16.7. The Balaban J connectivity index is 1.06. The van der Waals surface area contributed by atoms with Crippen LogP contribution < -0.4 is 10.2 Å². The maximum Gasteiger partial charge on any atom is 0.416 e. The Morgan fingerprint density at radius 3 is 2.76 bits per heavy atom. The first-order valence-electron chi connectivity index (χ1n) is 11.5. The highest BCUT2D eigenvalue weighted by molar-refractivity contribution is 5.89. The summed E-state index contributed by atoms with van der Waals surface area (Å²) in [7, 11) is 0. The molecule has 0 radical (unpaired) electrons. The maximum atomic E-state index is 12.4. The van der Waals surface area contributed by atoms with Gasteiger partial charge in [0.2, 0.25) is 0 Å². The first-order valence-corrected chi connectivity index (χ1v) is 11.5. The van der Waals surface area contributed by atoms with E-state index in [1.54, 1.807) is 33.9 Å².